The van der Waals surface area contributed by atoms with Crippen LogP contribution in [-0.2, 0) is 4.74 Å². The first kappa shape index (κ1) is 18.7. The van der Waals surface area contributed by atoms with E-state index in [0.717, 1.165) is 42.7 Å². The van der Waals surface area contributed by atoms with E-state index < -0.39 is 0 Å². The zero-order chi connectivity index (χ0) is 19.5. The number of aryl methyl sites for hydroxylation is 1. The first-order chi connectivity index (χ1) is 13.6. The number of aromatic nitrogens is 2. The highest BCUT2D eigenvalue weighted by atomic mass is 35.5. The Morgan fingerprint density at radius 1 is 1.14 bits per heavy atom. The van der Waals surface area contributed by atoms with Gasteiger partial charge in [0.15, 0.2) is 0 Å². The van der Waals surface area contributed by atoms with Crippen molar-refractivity contribution >= 4 is 40.0 Å². The molecule has 1 aromatic carbocycles. The zero-order valence-corrected chi connectivity index (χ0v) is 16.3. The van der Waals surface area contributed by atoms with Crippen LogP contribution < -0.4 is 10.6 Å². The lowest BCUT2D eigenvalue weighted by Gasteiger charge is -2.22. The van der Waals surface area contributed by atoms with Crippen LogP contribution in [0.4, 0.5) is 16.3 Å². The molecule has 3 heterocycles. The van der Waals surface area contributed by atoms with Gasteiger partial charge in [-0.25, -0.2) is 9.78 Å². The molecule has 0 bridgehead atoms. The summed E-state index contributed by atoms with van der Waals surface area (Å²) in [6.07, 6.45) is 3.52. The molecular formula is C21H21ClN4O2. The minimum absolute atomic E-state index is 0.354. The van der Waals surface area contributed by atoms with Crippen LogP contribution in [0.25, 0.3) is 10.9 Å². The van der Waals surface area contributed by atoms with Crippen molar-refractivity contribution in [2.75, 3.05) is 23.8 Å². The lowest BCUT2D eigenvalue weighted by Crippen LogP contribution is -2.22. The maximum Gasteiger partial charge on any atom is 0.324 e. The summed E-state index contributed by atoms with van der Waals surface area (Å²) in [6.45, 7) is 3.43. The number of hydrogen-bond donors (Lipinski definition) is 2. The molecule has 144 valence electrons. The van der Waals surface area contributed by atoms with Crippen LogP contribution in [-0.4, -0.2) is 29.2 Å². The Hall–Kier alpha value is -2.70. The summed E-state index contributed by atoms with van der Waals surface area (Å²) in [4.78, 5) is 21.6. The summed E-state index contributed by atoms with van der Waals surface area (Å²) in [5.74, 6) is 0.933. The largest absolute Gasteiger partial charge is 0.381 e. The van der Waals surface area contributed by atoms with E-state index in [2.05, 4.69) is 15.6 Å². The lowest BCUT2D eigenvalue weighted by atomic mass is 9.95. The Bertz CT molecular complexity index is 1020. The molecule has 3 aromatic rings. The quantitative estimate of drug-likeness (QED) is 0.643. The summed E-state index contributed by atoms with van der Waals surface area (Å²) >= 11 is 6.20. The number of fused-ring (bicyclic) bond motifs is 1. The van der Waals surface area contributed by atoms with Crippen molar-refractivity contribution in [1.82, 2.24) is 9.97 Å². The lowest BCUT2D eigenvalue weighted by molar-refractivity contribution is 0.0845. The number of urea groups is 1. The van der Waals surface area contributed by atoms with Gasteiger partial charge in [-0.2, -0.15) is 0 Å². The first-order valence-electron chi connectivity index (χ1n) is 9.28. The fraction of sp³-hybridized carbons (Fsp3) is 0.286. The SMILES string of the molecule is Cc1ccc(C2CCOCC2)nc1NC(=O)Nc1ccnc2c(Cl)cccc12. The van der Waals surface area contributed by atoms with Gasteiger partial charge in [0, 0.05) is 36.4 Å². The molecule has 0 atom stereocenters. The van der Waals surface area contributed by atoms with Crippen molar-refractivity contribution in [2.24, 2.45) is 0 Å². The number of benzene rings is 1. The summed E-state index contributed by atoms with van der Waals surface area (Å²) in [7, 11) is 0. The highest BCUT2D eigenvalue weighted by Gasteiger charge is 2.18. The van der Waals surface area contributed by atoms with E-state index in [0.29, 0.717) is 28.0 Å². The van der Waals surface area contributed by atoms with E-state index in [1.807, 2.05) is 31.2 Å². The molecule has 2 amide bonds. The number of carbonyl (C=O) groups excluding carboxylic acids is 1. The molecule has 0 radical (unpaired) electrons. The maximum absolute atomic E-state index is 12.6. The zero-order valence-electron chi connectivity index (χ0n) is 15.5. The number of pyridine rings is 2. The van der Waals surface area contributed by atoms with E-state index in [1.54, 1.807) is 18.3 Å². The van der Waals surface area contributed by atoms with Crippen LogP contribution in [0.15, 0.2) is 42.6 Å². The molecule has 7 heteroatoms. The summed E-state index contributed by atoms with van der Waals surface area (Å²) < 4.78 is 5.43. The fourth-order valence-corrected chi connectivity index (χ4v) is 3.62. The molecule has 0 saturated carbocycles. The van der Waals surface area contributed by atoms with Crippen molar-refractivity contribution in [3.63, 3.8) is 0 Å². The molecule has 6 nitrogen and oxygen atoms in total. The summed E-state index contributed by atoms with van der Waals surface area (Å²) in [5.41, 5.74) is 3.19. The Kier molecular flexibility index (Phi) is 5.41. The normalized spacial score (nSPS) is 14.8. The van der Waals surface area contributed by atoms with E-state index in [1.165, 1.54) is 0 Å². The van der Waals surface area contributed by atoms with Crippen LogP contribution in [0, 0.1) is 6.92 Å². The number of rotatable bonds is 3. The second kappa shape index (κ2) is 8.12. The van der Waals surface area contributed by atoms with Crippen molar-refractivity contribution < 1.29 is 9.53 Å². The van der Waals surface area contributed by atoms with Gasteiger partial charge >= 0.3 is 6.03 Å². The van der Waals surface area contributed by atoms with E-state index in [9.17, 15) is 4.79 Å². The molecule has 1 fully saturated rings. The molecular weight excluding hydrogens is 376 g/mol. The minimum atomic E-state index is -0.354. The van der Waals surface area contributed by atoms with Crippen LogP contribution >= 0.6 is 11.6 Å². The first-order valence-corrected chi connectivity index (χ1v) is 9.66. The van der Waals surface area contributed by atoms with Crippen molar-refractivity contribution in [3.8, 4) is 0 Å². The van der Waals surface area contributed by atoms with Crippen LogP contribution in [0.5, 0.6) is 0 Å². The highest BCUT2D eigenvalue weighted by molar-refractivity contribution is 6.35. The number of anilines is 2. The van der Waals surface area contributed by atoms with E-state index in [4.69, 9.17) is 21.3 Å². The predicted molar refractivity (Wildman–Crippen MR) is 111 cm³/mol. The molecule has 2 aromatic heterocycles. The predicted octanol–water partition coefficient (Wildman–Crippen LogP) is 5.13. The van der Waals surface area contributed by atoms with Crippen LogP contribution in [0.2, 0.25) is 5.02 Å². The number of ether oxygens (including phenoxy) is 1. The van der Waals surface area contributed by atoms with Crippen molar-refractivity contribution in [2.45, 2.75) is 25.7 Å². The number of halogens is 1. The second-order valence-electron chi connectivity index (χ2n) is 6.86. The average molecular weight is 397 g/mol. The number of hydrogen-bond acceptors (Lipinski definition) is 4. The summed E-state index contributed by atoms with van der Waals surface area (Å²) in [6, 6.07) is 10.9. The molecule has 0 spiro atoms. The van der Waals surface area contributed by atoms with Gasteiger partial charge in [0.1, 0.15) is 5.82 Å². The summed E-state index contributed by atoms with van der Waals surface area (Å²) in [5, 5.41) is 7.08. The van der Waals surface area contributed by atoms with Gasteiger partial charge in [-0.3, -0.25) is 10.3 Å². The third-order valence-electron chi connectivity index (χ3n) is 4.96. The Morgan fingerprint density at radius 2 is 1.96 bits per heavy atom. The van der Waals surface area contributed by atoms with Crippen molar-refractivity contribution in [1.29, 1.82) is 0 Å². The standard InChI is InChI=1S/C21H21ClN4O2/c1-13-5-6-17(14-8-11-28-12-9-14)24-20(13)26-21(27)25-18-7-10-23-19-15(18)3-2-4-16(19)22/h2-7,10,14H,8-9,11-12H2,1H3,(H2,23,24,25,26,27). The van der Waals surface area contributed by atoms with Gasteiger partial charge in [0.25, 0.3) is 0 Å². The van der Waals surface area contributed by atoms with Crippen LogP contribution in [0.1, 0.15) is 30.0 Å². The monoisotopic (exact) mass is 396 g/mol. The molecule has 0 unspecified atom stereocenters. The van der Waals surface area contributed by atoms with Crippen LogP contribution in [0.3, 0.4) is 0 Å². The Balaban J connectivity index is 1.53. The maximum atomic E-state index is 12.6. The molecule has 1 aliphatic heterocycles. The van der Waals surface area contributed by atoms with E-state index >= 15 is 0 Å². The van der Waals surface area contributed by atoms with Gasteiger partial charge in [0.2, 0.25) is 0 Å². The molecule has 4 rings (SSSR count). The number of amides is 2. The number of carbonyl (C=O) groups is 1. The molecule has 1 saturated heterocycles. The fourth-order valence-electron chi connectivity index (χ4n) is 3.40. The van der Waals surface area contributed by atoms with Gasteiger partial charge in [-0.15, -0.1) is 0 Å². The third kappa shape index (κ3) is 3.93. The minimum Gasteiger partial charge on any atom is -0.381 e. The Labute approximate surface area is 168 Å². The topological polar surface area (TPSA) is 76.1 Å². The number of nitrogens with zero attached hydrogens (tertiary/aromatic N) is 2. The average Bonchev–Trinajstić information content (AvgIpc) is 2.71. The van der Waals surface area contributed by atoms with Gasteiger partial charge in [-0.1, -0.05) is 29.8 Å². The van der Waals surface area contributed by atoms with Gasteiger partial charge in [-0.05, 0) is 43.5 Å². The van der Waals surface area contributed by atoms with Gasteiger partial charge < -0.3 is 10.1 Å². The third-order valence-corrected chi connectivity index (χ3v) is 5.27. The second-order valence-corrected chi connectivity index (χ2v) is 7.27. The Morgan fingerprint density at radius 3 is 2.79 bits per heavy atom. The molecule has 0 aliphatic carbocycles. The number of para-hydroxylation sites is 1. The molecule has 2 N–H and O–H groups in total. The molecule has 28 heavy (non-hydrogen) atoms. The molecule has 1 aliphatic rings. The number of nitrogens with one attached hydrogen (secondary N) is 2. The van der Waals surface area contributed by atoms with Gasteiger partial charge in [0.05, 0.1) is 16.2 Å². The van der Waals surface area contributed by atoms with E-state index in [-0.39, 0.29) is 6.03 Å². The highest BCUT2D eigenvalue weighted by Crippen LogP contribution is 2.29. The van der Waals surface area contributed by atoms with Crippen molar-refractivity contribution in [3.05, 3.63) is 58.9 Å². The smallest absolute Gasteiger partial charge is 0.324 e.